The van der Waals surface area contributed by atoms with E-state index >= 15 is 0 Å². The number of nitrogens with one attached hydrogen (secondary N) is 1. The number of hydrogen-bond donors (Lipinski definition) is 2. The Balaban J connectivity index is 1.39. The Hall–Kier alpha value is -4.28. The molecule has 5 rings (SSSR count). The summed E-state index contributed by atoms with van der Waals surface area (Å²) >= 11 is 0. The molecule has 0 unspecified atom stereocenters. The zero-order valence-electron chi connectivity index (χ0n) is 19.8. The highest BCUT2D eigenvalue weighted by Crippen LogP contribution is 2.27. The van der Waals surface area contributed by atoms with Gasteiger partial charge in [-0.3, -0.25) is 0 Å². The van der Waals surface area contributed by atoms with Gasteiger partial charge in [0, 0.05) is 38.1 Å². The molecule has 9 nitrogen and oxygen atoms in total. The second-order valence-electron chi connectivity index (χ2n) is 8.42. The maximum absolute atomic E-state index is 11.7. The minimum Gasteiger partial charge on any atom is -0.331 e. The maximum atomic E-state index is 11.7. The molecule has 3 N–H and O–H groups in total. The highest BCUT2D eigenvalue weighted by molar-refractivity contribution is 7.89. The van der Waals surface area contributed by atoms with Crippen molar-refractivity contribution in [1.29, 1.82) is 0 Å². The molecule has 3 aromatic carbocycles. The van der Waals surface area contributed by atoms with Crippen LogP contribution in [0, 0.1) is 0 Å². The Morgan fingerprint density at radius 3 is 2.56 bits per heavy atom. The normalized spacial score (nSPS) is 11.5. The molecule has 0 saturated carbocycles. The van der Waals surface area contributed by atoms with E-state index in [2.05, 4.69) is 38.1 Å². The summed E-state index contributed by atoms with van der Waals surface area (Å²) < 4.78 is 25.4. The molecule has 0 atom stereocenters. The van der Waals surface area contributed by atoms with E-state index in [0.29, 0.717) is 17.5 Å². The lowest BCUT2D eigenvalue weighted by atomic mass is 10.1. The number of hydrogen-bond acceptors (Lipinski definition) is 7. The number of sulfonamides is 1. The lowest BCUT2D eigenvalue weighted by Gasteiger charge is -2.19. The van der Waals surface area contributed by atoms with E-state index in [-0.39, 0.29) is 4.90 Å². The van der Waals surface area contributed by atoms with Crippen molar-refractivity contribution in [3.63, 3.8) is 0 Å². The van der Waals surface area contributed by atoms with Gasteiger partial charge >= 0.3 is 0 Å². The first-order valence-electron chi connectivity index (χ1n) is 11.2. The Labute approximate surface area is 209 Å². The van der Waals surface area contributed by atoms with E-state index in [0.717, 1.165) is 29.0 Å². The van der Waals surface area contributed by atoms with Gasteiger partial charge in [0.15, 0.2) is 0 Å². The molecule has 0 fully saturated rings. The molecule has 0 saturated heterocycles. The Morgan fingerprint density at radius 2 is 1.78 bits per heavy atom. The molecule has 0 radical (unpaired) electrons. The molecule has 0 aliphatic heterocycles. The molecule has 2 aromatic heterocycles. The van der Waals surface area contributed by atoms with Crippen LogP contribution in [-0.4, -0.2) is 35.0 Å². The summed E-state index contributed by atoms with van der Waals surface area (Å²) in [5, 5.41) is 8.28. The maximum Gasteiger partial charge on any atom is 0.238 e. The lowest BCUT2D eigenvalue weighted by Crippen LogP contribution is -2.13. The van der Waals surface area contributed by atoms with Gasteiger partial charge in [-0.15, -0.1) is 0 Å². The van der Waals surface area contributed by atoms with Crippen LogP contribution in [0.3, 0.4) is 0 Å². The molecule has 10 heteroatoms. The van der Waals surface area contributed by atoms with E-state index in [1.165, 1.54) is 17.7 Å². The van der Waals surface area contributed by atoms with Crippen LogP contribution in [-0.2, 0) is 23.5 Å². The second kappa shape index (κ2) is 9.40. The van der Waals surface area contributed by atoms with Crippen LogP contribution in [0.5, 0.6) is 0 Å². The van der Waals surface area contributed by atoms with Crippen molar-refractivity contribution in [2.45, 2.75) is 11.3 Å². The Morgan fingerprint density at radius 1 is 0.972 bits per heavy atom. The van der Waals surface area contributed by atoms with Gasteiger partial charge in [-0.1, -0.05) is 36.4 Å². The zero-order valence-corrected chi connectivity index (χ0v) is 20.6. The third-order valence-corrected chi connectivity index (χ3v) is 6.86. The number of rotatable bonds is 7. The predicted octanol–water partition coefficient (Wildman–Crippen LogP) is 4.11. The fourth-order valence-electron chi connectivity index (χ4n) is 3.99. The van der Waals surface area contributed by atoms with E-state index in [4.69, 9.17) is 10.1 Å². The number of nitrogens with two attached hydrogens (primary N) is 1. The third-order valence-electron chi connectivity index (χ3n) is 5.95. The summed E-state index contributed by atoms with van der Waals surface area (Å²) in [6, 6.07) is 24.4. The van der Waals surface area contributed by atoms with Crippen molar-refractivity contribution >= 4 is 44.2 Å². The smallest absolute Gasteiger partial charge is 0.238 e. The van der Waals surface area contributed by atoms with Gasteiger partial charge in [0.2, 0.25) is 16.0 Å². The minimum atomic E-state index is -3.81. The number of imidazole rings is 1. The van der Waals surface area contributed by atoms with Gasteiger partial charge in [0.1, 0.15) is 11.6 Å². The van der Waals surface area contributed by atoms with Crippen LogP contribution < -0.4 is 15.4 Å². The van der Waals surface area contributed by atoms with Crippen LogP contribution in [0.25, 0.3) is 11.0 Å². The first kappa shape index (κ1) is 23.5. The SMILES string of the molecule is CN(c1ccc2c(c1)nc(Cc1ccccc1)n2C)c1ccnc(Nc2cccc(S(N)(=O)=O)c2)n1. The lowest BCUT2D eigenvalue weighted by molar-refractivity contribution is 0.598. The average molecular weight is 500 g/mol. The van der Waals surface area contributed by atoms with Crippen LogP contribution in [0.15, 0.2) is 90.0 Å². The number of primary sulfonamides is 1. The van der Waals surface area contributed by atoms with E-state index in [9.17, 15) is 8.42 Å². The zero-order chi connectivity index (χ0) is 25.3. The number of nitrogens with zero attached hydrogens (tertiary/aromatic N) is 5. The monoisotopic (exact) mass is 499 g/mol. The molecule has 0 amide bonds. The molecule has 5 aromatic rings. The van der Waals surface area contributed by atoms with Crippen LogP contribution in [0.1, 0.15) is 11.4 Å². The van der Waals surface area contributed by atoms with Crippen molar-refractivity contribution in [2.75, 3.05) is 17.3 Å². The highest BCUT2D eigenvalue weighted by Gasteiger charge is 2.13. The van der Waals surface area contributed by atoms with Crippen molar-refractivity contribution in [2.24, 2.45) is 12.2 Å². The molecule has 2 heterocycles. The molecule has 0 aliphatic carbocycles. The highest BCUT2D eigenvalue weighted by atomic mass is 32.2. The summed E-state index contributed by atoms with van der Waals surface area (Å²) in [4.78, 5) is 15.7. The fraction of sp³-hybridized carbons (Fsp3) is 0.115. The number of anilines is 4. The van der Waals surface area contributed by atoms with Crippen LogP contribution in [0.4, 0.5) is 23.1 Å². The van der Waals surface area contributed by atoms with Crippen LogP contribution in [0.2, 0.25) is 0 Å². The topological polar surface area (TPSA) is 119 Å². The molecule has 182 valence electrons. The van der Waals surface area contributed by atoms with Gasteiger partial charge in [-0.05, 0) is 48.0 Å². The quantitative estimate of drug-likeness (QED) is 0.346. The van der Waals surface area contributed by atoms with Crippen molar-refractivity contribution < 1.29 is 8.42 Å². The average Bonchev–Trinajstić information content (AvgIpc) is 3.18. The minimum absolute atomic E-state index is 0.0102. The second-order valence-corrected chi connectivity index (χ2v) is 9.98. The summed E-state index contributed by atoms with van der Waals surface area (Å²) in [5.74, 6) is 1.98. The van der Waals surface area contributed by atoms with Crippen LogP contribution >= 0.6 is 0 Å². The van der Waals surface area contributed by atoms with Gasteiger partial charge in [-0.25, -0.2) is 23.5 Å². The van der Waals surface area contributed by atoms with Crippen molar-refractivity contribution in [1.82, 2.24) is 19.5 Å². The molecule has 0 bridgehead atoms. The fourth-order valence-corrected chi connectivity index (χ4v) is 4.55. The molecular formula is C26H25N7O2S. The third kappa shape index (κ3) is 4.90. The Bertz CT molecular complexity index is 1650. The van der Waals surface area contributed by atoms with Gasteiger partial charge in [0.05, 0.1) is 15.9 Å². The summed E-state index contributed by atoms with van der Waals surface area (Å²) in [5.41, 5.74) is 4.61. The summed E-state index contributed by atoms with van der Waals surface area (Å²) in [6.45, 7) is 0. The number of aryl methyl sites for hydroxylation is 1. The molecule has 36 heavy (non-hydrogen) atoms. The van der Waals surface area contributed by atoms with Gasteiger partial charge < -0.3 is 14.8 Å². The first-order valence-corrected chi connectivity index (χ1v) is 12.8. The number of fused-ring (bicyclic) bond motifs is 1. The predicted molar refractivity (Wildman–Crippen MR) is 141 cm³/mol. The van der Waals surface area contributed by atoms with E-state index in [1.807, 2.05) is 49.3 Å². The standard InChI is InChI=1S/C26H25N7O2S/c1-32(24-13-14-28-26(31-24)29-19-9-6-10-21(16-19)36(27,34)35)20-11-12-23-22(17-20)30-25(33(23)2)15-18-7-4-3-5-8-18/h3-14,16-17H,15H2,1-2H3,(H2,27,34,35)(H,28,29,31). The van der Waals surface area contributed by atoms with E-state index < -0.39 is 10.0 Å². The molecule has 0 aliphatic rings. The first-order chi connectivity index (χ1) is 17.3. The largest absolute Gasteiger partial charge is 0.331 e. The molecular weight excluding hydrogens is 474 g/mol. The Kier molecular flexibility index (Phi) is 6.13. The number of benzene rings is 3. The van der Waals surface area contributed by atoms with Gasteiger partial charge in [0.25, 0.3) is 0 Å². The summed E-state index contributed by atoms with van der Waals surface area (Å²) in [7, 11) is 0.142. The number of aromatic nitrogens is 4. The van der Waals surface area contributed by atoms with Crippen molar-refractivity contribution in [3.8, 4) is 0 Å². The molecule has 0 spiro atoms. The van der Waals surface area contributed by atoms with E-state index in [1.54, 1.807) is 24.4 Å². The van der Waals surface area contributed by atoms with Crippen molar-refractivity contribution in [3.05, 3.63) is 96.4 Å². The summed E-state index contributed by atoms with van der Waals surface area (Å²) in [6.07, 6.45) is 2.40. The van der Waals surface area contributed by atoms with Gasteiger partial charge in [-0.2, -0.15) is 4.98 Å².